The molecule has 6 nitrogen and oxygen atoms in total. The number of hydrogen-bond acceptors (Lipinski definition) is 6. The third-order valence-corrected chi connectivity index (χ3v) is 5.19. The van der Waals surface area contributed by atoms with Crippen molar-refractivity contribution in [2.24, 2.45) is 7.05 Å². The van der Waals surface area contributed by atoms with E-state index in [0.29, 0.717) is 22.9 Å². The summed E-state index contributed by atoms with van der Waals surface area (Å²) in [4.78, 5) is 11.5. The minimum atomic E-state index is -0.340. The number of hydrogen-bond donors (Lipinski definition) is 0. The van der Waals surface area contributed by atoms with Crippen LogP contribution in [-0.4, -0.2) is 27.8 Å². The standard InChI is InChI=1S/C19H18ClN3O3S/c1-23-17(11-26-16-9-7-15(20)8-10-16)21-22-19(23)27-12-13-3-5-14(6-4-13)18(24)25-2/h3-10H,11-12H2,1-2H3. The maximum atomic E-state index is 11.5. The maximum absolute atomic E-state index is 11.5. The van der Waals surface area contributed by atoms with Crippen LogP contribution in [0.2, 0.25) is 5.02 Å². The van der Waals surface area contributed by atoms with E-state index >= 15 is 0 Å². The number of carbonyl (C=O) groups excluding carboxylic acids is 1. The fourth-order valence-electron chi connectivity index (χ4n) is 2.28. The van der Waals surface area contributed by atoms with Gasteiger partial charge in [0, 0.05) is 17.8 Å². The Bertz CT molecular complexity index is 911. The zero-order chi connectivity index (χ0) is 19.2. The second-order valence-electron chi connectivity index (χ2n) is 5.68. The molecule has 3 rings (SSSR count). The van der Waals surface area contributed by atoms with Crippen molar-refractivity contribution in [3.63, 3.8) is 0 Å². The van der Waals surface area contributed by atoms with Crippen LogP contribution in [0.3, 0.4) is 0 Å². The van der Waals surface area contributed by atoms with Crippen molar-refractivity contribution in [1.82, 2.24) is 14.8 Å². The van der Waals surface area contributed by atoms with Crippen LogP contribution in [-0.2, 0) is 24.1 Å². The van der Waals surface area contributed by atoms with Gasteiger partial charge in [-0.05, 0) is 42.0 Å². The first-order valence-electron chi connectivity index (χ1n) is 8.13. The number of aromatic nitrogens is 3. The van der Waals surface area contributed by atoms with Crippen molar-refractivity contribution in [1.29, 1.82) is 0 Å². The second kappa shape index (κ2) is 8.92. The summed E-state index contributed by atoms with van der Waals surface area (Å²) in [5, 5.41) is 9.87. The summed E-state index contributed by atoms with van der Waals surface area (Å²) in [5.41, 5.74) is 1.61. The average Bonchev–Trinajstić information content (AvgIpc) is 3.05. The van der Waals surface area contributed by atoms with E-state index in [-0.39, 0.29) is 5.97 Å². The molecule has 0 fully saturated rings. The third-order valence-electron chi connectivity index (χ3n) is 3.85. The van der Waals surface area contributed by atoms with Gasteiger partial charge in [-0.25, -0.2) is 4.79 Å². The van der Waals surface area contributed by atoms with E-state index in [2.05, 4.69) is 10.2 Å². The first-order valence-corrected chi connectivity index (χ1v) is 9.50. The Hall–Kier alpha value is -2.51. The summed E-state index contributed by atoms with van der Waals surface area (Å²) in [5.74, 6) is 1.83. The quantitative estimate of drug-likeness (QED) is 0.436. The van der Waals surface area contributed by atoms with E-state index in [4.69, 9.17) is 21.1 Å². The minimum Gasteiger partial charge on any atom is -0.486 e. The fraction of sp³-hybridized carbons (Fsp3) is 0.211. The van der Waals surface area contributed by atoms with Gasteiger partial charge in [-0.3, -0.25) is 0 Å². The molecule has 0 aliphatic carbocycles. The number of halogens is 1. The van der Waals surface area contributed by atoms with Crippen molar-refractivity contribution < 1.29 is 14.3 Å². The van der Waals surface area contributed by atoms with E-state index in [1.54, 1.807) is 36.0 Å². The number of ether oxygens (including phenoxy) is 2. The van der Waals surface area contributed by atoms with E-state index in [0.717, 1.165) is 22.3 Å². The Morgan fingerprint density at radius 1 is 1.11 bits per heavy atom. The second-order valence-corrected chi connectivity index (χ2v) is 7.06. The van der Waals surface area contributed by atoms with Crippen molar-refractivity contribution in [2.75, 3.05) is 7.11 Å². The Kier molecular flexibility index (Phi) is 6.36. The van der Waals surface area contributed by atoms with E-state index in [9.17, 15) is 4.79 Å². The molecule has 0 saturated heterocycles. The molecule has 2 aromatic carbocycles. The topological polar surface area (TPSA) is 66.2 Å². The lowest BCUT2D eigenvalue weighted by molar-refractivity contribution is 0.0600. The van der Waals surface area contributed by atoms with Crippen LogP contribution < -0.4 is 4.74 Å². The molecule has 3 aromatic rings. The Morgan fingerprint density at radius 2 is 1.81 bits per heavy atom. The molecule has 0 N–H and O–H groups in total. The molecule has 0 unspecified atom stereocenters. The van der Waals surface area contributed by atoms with Crippen LogP contribution in [0.4, 0.5) is 0 Å². The lowest BCUT2D eigenvalue weighted by atomic mass is 10.1. The smallest absolute Gasteiger partial charge is 0.337 e. The Morgan fingerprint density at radius 3 is 2.48 bits per heavy atom. The maximum Gasteiger partial charge on any atom is 0.337 e. The van der Waals surface area contributed by atoms with Gasteiger partial charge >= 0.3 is 5.97 Å². The van der Waals surface area contributed by atoms with Crippen LogP contribution in [0.25, 0.3) is 0 Å². The highest BCUT2D eigenvalue weighted by Crippen LogP contribution is 2.22. The van der Waals surface area contributed by atoms with E-state index in [1.807, 2.05) is 35.9 Å². The third kappa shape index (κ3) is 5.02. The summed E-state index contributed by atoms with van der Waals surface area (Å²) >= 11 is 7.43. The molecule has 0 spiro atoms. The predicted octanol–water partition coefficient (Wildman–Crippen LogP) is 4.13. The lowest BCUT2D eigenvalue weighted by Crippen LogP contribution is -2.04. The normalized spacial score (nSPS) is 10.6. The molecule has 1 heterocycles. The molecular formula is C19H18ClN3O3S. The molecule has 0 saturated carbocycles. The van der Waals surface area contributed by atoms with Crippen molar-refractivity contribution >= 4 is 29.3 Å². The molecule has 8 heteroatoms. The summed E-state index contributed by atoms with van der Waals surface area (Å²) < 4.78 is 12.3. The zero-order valence-electron chi connectivity index (χ0n) is 14.9. The van der Waals surface area contributed by atoms with Gasteiger partial charge in [-0.15, -0.1) is 10.2 Å². The summed E-state index contributed by atoms with van der Waals surface area (Å²) in [6, 6.07) is 14.5. The highest BCUT2D eigenvalue weighted by atomic mass is 35.5. The summed E-state index contributed by atoms with van der Waals surface area (Å²) in [6.45, 7) is 0.319. The molecule has 0 radical (unpaired) electrons. The number of carbonyl (C=O) groups is 1. The average molecular weight is 404 g/mol. The van der Waals surface area contributed by atoms with Gasteiger partial charge in [-0.2, -0.15) is 0 Å². The van der Waals surface area contributed by atoms with Crippen molar-refractivity contribution in [3.05, 3.63) is 70.5 Å². The van der Waals surface area contributed by atoms with Gasteiger partial charge in [0.25, 0.3) is 0 Å². The fourth-order valence-corrected chi connectivity index (χ4v) is 3.29. The van der Waals surface area contributed by atoms with Gasteiger partial charge in [0.15, 0.2) is 11.0 Å². The van der Waals surface area contributed by atoms with Crippen molar-refractivity contribution in [3.8, 4) is 5.75 Å². The Balaban J connectivity index is 1.57. The summed E-state index contributed by atoms with van der Waals surface area (Å²) in [6.07, 6.45) is 0. The van der Waals surface area contributed by atoms with Crippen LogP contribution >= 0.6 is 23.4 Å². The van der Waals surface area contributed by atoms with Gasteiger partial charge in [0.05, 0.1) is 12.7 Å². The van der Waals surface area contributed by atoms with Gasteiger partial charge < -0.3 is 14.0 Å². The number of rotatable bonds is 7. The van der Waals surface area contributed by atoms with E-state index in [1.165, 1.54) is 7.11 Å². The molecule has 0 aliphatic heterocycles. The van der Waals surface area contributed by atoms with Crippen LogP contribution in [0.15, 0.2) is 53.7 Å². The Labute approximate surface area is 166 Å². The SMILES string of the molecule is COC(=O)c1ccc(CSc2nnc(COc3ccc(Cl)cc3)n2C)cc1. The van der Waals surface area contributed by atoms with Crippen LogP contribution in [0, 0.1) is 0 Å². The molecule has 0 amide bonds. The predicted molar refractivity (Wildman–Crippen MR) is 104 cm³/mol. The lowest BCUT2D eigenvalue weighted by Gasteiger charge is -2.07. The number of nitrogens with zero attached hydrogens (tertiary/aromatic N) is 3. The molecule has 1 aromatic heterocycles. The minimum absolute atomic E-state index is 0.319. The number of esters is 1. The molecule has 140 valence electrons. The molecule has 0 atom stereocenters. The van der Waals surface area contributed by atoms with Crippen LogP contribution in [0.1, 0.15) is 21.7 Å². The van der Waals surface area contributed by atoms with Gasteiger partial charge in [0.1, 0.15) is 12.4 Å². The first-order chi connectivity index (χ1) is 13.1. The monoisotopic (exact) mass is 403 g/mol. The number of methoxy groups -OCH3 is 1. The summed E-state index contributed by atoms with van der Waals surface area (Å²) in [7, 11) is 3.28. The highest BCUT2D eigenvalue weighted by Gasteiger charge is 2.11. The zero-order valence-corrected chi connectivity index (χ0v) is 16.5. The number of benzene rings is 2. The highest BCUT2D eigenvalue weighted by molar-refractivity contribution is 7.98. The van der Waals surface area contributed by atoms with E-state index < -0.39 is 0 Å². The molecule has 0 bridgehead atoms. The molecule has 0 aliphatic rings. The first kappa shape index (κ1) is 19.3. The van der Waals surface area contributed by atoms with Crippen molar-refractivity contribution in [2.45, 2.75) is 17.5 Å². The van der Waals surface area contributed by atoms with Gasteiger partial charge in [0.2, 0.25) is 0 Å². The number of thioether (sulfide) groups is 1. The largest absolute Gasteiger partial charge is 0.486 e. The van der Waals surface area contributed by atoms with Gasteiger partial charge in [-0.1, -0.05) is 35.5 Å². The molecular weight excluding hydrogens is 386 g/mol. The molecule has 27 heavy (non-hydrogen) atoms. The van der Waals surface area contributed by atoms with Crippen LogP contribution in [0.5, 0.6) is 5.75 Å².